The summed E-state index contributed by atoms with van der Waals surface area (Å²) in [6, 6.07) is 9.81. The first-order valence-electron chi connectivity index (χ1n) is 8.27. The molecule has 2 N–H and O–H groups in total. The van der Waals surface area contributed by atoms with Crippen LogP contribution in [0.2, 0.25) is 0 Å². The fourth-order valence-corrected chi connectivity index (χ4v) is 3.74. The van der Waals surface area contributed by atoms with Gasteiger partial charge in [-0.2, -0.15) is 0 Å². The van der Waals surface area contributed by atoms with Crippen molar-refractivity contribution in [3.05, 3.63) is 52.0 Å². The topological polar surface area (TPSA) is 88.5 Å². The number of nitrogens with one attached hydrogen (secondary N) is 1. The number of nitrogens with zero attached hydrogens (tertiary/aromatic N) is 1. The first-order valence-corrected chi connectivity index (χ1v) is 9.15. The summed E-state index contributed by atoms with van der Waals surface area (Å²) in [7, 11) is 0. The van der Waals surface area contributed by atoms with Gasteiger partial charge < -0.3 is 15.2 Å². The molecule has 1 amide bonds. The van der Waals surface area contributed by atoms with Crippen molar-refractivity contribution in [2.24, 2.45) is 5.92 Å². The SMILES string of the molecule is O=C(O)c1csc(CCNC(=O)C2CCCOC2c2ccccc2)n1. The van der Waals surface area contributed by atoms with E-state index in [1.807, 2.05) is 30.3 Å². The van der Waals surface area contributed by atoms with E-state index in [-0.39, 0.29) is 23.6 Å². The average molecular weight is 360 g/mol. The fraction of sp³-hybridized carbons (Fsp3) is 0.389. The Morgan fingerprint density at radius 2 is 2.12 bits per heavy atom. The smallest absolute Gasteiger partial charge is 0.355 e. The summed E-state index contributed by atoms with van der Waals surface area (Å²) < 4.78 is 5.86. The van der Waals surface area contributed by atoms with Crippen LogP contribution in [-0.4, -0.2) is 35.1 Å². The van der Waals surface area contributed by atoms with Crippen molar-refractivity contribution in [3.8, 4) is 0 Å². The minimum Gasteiger partial charge on any atom is -0.476 e. The number of carbonyl (C=O) groups is 2. The number of carboxylic acids is 1. The van der Waals surface area contributed by atoms with Crippen molar-refractivity contribution in [2.75, 3.05) is 13.2 Å². The number of benzene rings is 1. The number of carbonyl (C=O) groups excluding carboxylic acids is 1. The third-order valence-electron chi connectivity index (χ3n) is 4.20. The van der Waals surface area contributed by atoms with Gasteiger partial charge in [0.05, 0.1) is 17.0 Å². The maximum Gasteiger partial charge on any atom is 0.355 e. The Balaban J connectivity index is 1.56. The van der Waals surface area contributed by atoms with Gasteiger partial charge in [0.25, 0.3) is 0 Å². The number of ether oxygens (including phenoxy) is 1. The summed E-state index contributed by atoms with van der Waals surface area (Å²) in [6.45, 7) is 1.10. The van der Waals surface area contributed by atoms with Crippen LogP contribution in [0.1, 0.15) is 40.0 Å². The molecular weight excluding hydrogens is 340 g/mol. The summed E-state index contributed by atoms with van der Waals surface area (Å²) in [5.74, 6) is -1.26. The third kappa shape index (κ3) is 4.43. The van der Waals surface area contributed by atoms with Crippen molar-refractivity contribution in [2.45, 2.75) is 25.4 Å². The van der Waals surface area contributed by atoms with E-state index < -0.39 is 5.97 Å². The van der Waals surface area contributed by atoms with E-state index in [0.29, 0.717) is 24.6 Å². The maximum atomic E-state index is 12.6. The summed E-state index contributed by atoms with van der Waals surface area (Å²) in [5, 5.41) is 14.0. The van der Waals surface area contributed by atoms with Gasteiger partial charge in [0.15, 0.2) is 5.69 Å². The molecule has 2 heterocycles. The zero-order chi connectivity index (χ0) is 17.6. The molecule has 0 radical (unpaired) electrons. The molecule has 2 atom stereocenters. The van der Waals surface area contributed by atoms with Crippen LogP contribution in [0.25, 0.3) is 0 Å². The van der Waals surface area contributed by atoms with Crippen LogP contribution in [0, 0.1) is 5.92 Å². The Kier molecular flexibility index (Phi) is 5.78. The predicted octanol–water partition coefficient (Wildman–Crippen LogP) is 2.67. The summed E-state index contributed by atoms with van der Waals surface area (Å²) in [6.07, 6.45) is 1.98. The molecule has 7 heteroatoms. The highest BCUT2D eigenvalue weighted by Crippen LogP contribution is 2.33. The molecule has 25 heavy (non-hydrogen) atoms. The Hall–Kier alpha value is -2.25. The molecule has 1 aliphatic heterocycles. The number of aromatic nitrogens is 1. The second-order valence-corrected chi connectivity index (χ2v) is 6.87. The fourth-order valence-electron chi connectivity index (χ4n) is 2.97. The summed E-state index contributed by atoms with van der Waals surface area (Å²) >= 11 is 1.29. The maximum absolute atomic E-state index is 12.6. The van der Waals surface area contributed by atoms with E-state index in [4.69, 9.17) is 9.84 Å². The summed E-state index contributed by atoms with van der Waals surface area (Å²) in [4.78, 5) is 27.4. The molecule has 132 valence electrons. The average Bonchev–Trinajstić information content (AvgIpc) is 3.12. The lowest BCUT2D eigenvalue weighted by atomic mass is 9.89. The molecule has 6 nitrogen and oxygen atoms in total. The van der Waals surface area contributed by atoms with Crippen LogP contribution in [0.5, 0.6) is 0 Å². The van der Waals surface area contributed by atoms with Crippen molar-refractivity contribution in [1.29, 1.82) is 0 Å². The lowest BCUT2D eigenvalue weighted by Gasteiger charge is -2.31. The van der Waals surface area contributed by atoms with Crippen LogP contribution in [0.3, 0.4) is 0 Å². The Labute approximate surface area is 149 Å². The van der Waals surface area contributed by atoms with E-state index in [0.717, 1.165) is 18.4 Å². The van der Waals surface area contributed by atoms with Gasteiger partial charge in [0.2, 0.25) is 5.91 Å². The predicted molar refractivity (Wildman–Crippen MR) is 93.6 cm³/mol. The zero-order valence-electron chi connectivity index (χ0n) is 13.7. The van der Waals surface area contributed by atoms with Crippen LogP contribution in [0.15, 0.2) is 35.7 Å². The number of aromatic carboxylic acids is 1. The van der Waals surface area contributed by atoms with Gasteiger partial charge in [-0.05, 0) is 18.4 Å². The Morgan fingerprint density at radius 3 is 2.84 bits per heavy atom. The van der Waals surface area contributed by atoms with Gasteiger partial charge >= 0.3 is 5.97 Å². The molecule has 1 aliphatic rings. The number of hydrogen-bond acceptors (Lipinski definition) is 5. The molecular formula is C18H20N2O4S. The minimum absolute atomic E-state index is 0.0245. The number of hydrogen-bond donors (Lipinski definition) is 2. The Morgan fingerprint density at radius 1 is 1.32 bits per heavy atom. The van der Waals surface area contributed by atoms with Crippen molar-refractivity contribution < 1.29 is 19.4 Å². The quantitative estimate of drug-likeness (QED) is 0.827. The molecule has 1 aromatic heterocycles. The van der Waals surface area contributed by atoms with Gasteiger partial charge in [0.1, 0.15) is 0 Å². The zero-order valence-corrected chi connectivity index (χ0v) is 14.5. The lowest BCUT2D eigenvalue weighted by Crippen LogP contribution is -2.38. The second-order valence-electron chi connectivity index (χ2n) is 5.92. The molecule has 0 spiro atoms. The number of rotatable bonds is 6. The van der Waals surface area contributed by atoms with Crippen LogP contribution < -0.4 is 5.32 Å². The van der Waals surface area contributed by atoms with Crippen LogP contribution in [-0.2, 0) is 16.0 Å². The molecule has 2 aromatic rings. The molecule has 0 bridgehead atoms. The largest absolute Gasteiger partial charge is 0.476 e. The van der Waals surface area contributed by atoms with Crippen molar-refractivity contribution in [1.82, 2.24) is 10.3 Å². The molecule has 1 aromatic carbocycles. The van der Waals surface area contributed by atoms with E-state index in [1.165, 1.54) is 16.7 Å². The van der Waals surface area contributed by atoms with E-state index in [1.54, 1.807) is 0 Å². The second kappa shape index (κ2) is 8.22. The van der Waals surface area contributed by atoms with Gasteiger partial charge in [0, 0.05) is 25.0 Å². The van der Waals surface area contributed by atoms with E-state index in [2.05, 4.69) is 10.3 Å². The highest BCUT2D eigenvalue weighted by Gasteiger charge is 2.32. The minimum atomic E-state index is -1.03. The van der Waals surface area contributed by atoms with E-state index >= 15 is 0 Å². The lowest BCUT2D eigenvalue weighted by molar-refractivity contribution is -0.134. The highest BCUT2D eigenvalue weighted by molar-refractivity contribution is 7.09. The van der Waals surface area contributed by atoms with Crippen molar-refractivity contribution in [3.63, 3.8) is 0 Å². The number of amides is 1. The normalized spacial score (nSPS) is 20.2. The molecule has 0 saturated carbocycles. The Bertz CT molecular complexity index is 732. The van der Waals surface area contributed by atoms with Gasteiger partial charge in [-0.1, -0.05) is 30.3 Å². The van der Waals surface area contributed by atoms with Gasteiger partial charge in [-0.15, -0.1) is 11.3 Å². The first kappa shape index (κ1) is 17.6. The number of thiazole rings is 1. The standard InChI is InChI=1S/C18H20N2O4S/c21-17(19-9-8-15-20-14(11-25-15)18(22)23)13-7-4-10-24-16(13)12-5-2-1-3-6-12/h1-3,5-6,11,13,16H,4,7-10H2,(H,19,21)(H,22,23). The van der Waals surface area contributed by atoms with Crippen molar-refractivity contribution >= 4 is 23.2 Å². The summed E-state index contributed by atoms with van der Waals surface area (Å²) in [5.41, 5.74) is 1.07. The third-order valence-corrected chi connectivity index (χ3v) is 5.10. The van der Waals surface area contributed by atoms with Gasteiger partial charge in [-0.3, -0.25) is 4.79 Å². The number of carboxylic acid groups (broad SMARTS) is 1. The molecule has 3 rings (SSSR count). The molecule has 1 saturated heterocycles. The first-order chi connectivity index (χ1) is 12.1. The monoisotopic (exact) mass is 360 g/mol. The molecule has 1 fully saturated rings. The van der Waals surface area contributed by atoms with Gasteiger partial charge in [-0.25, -0.2) is 9.78 Å². The highest BCUT2D eigenvalue weighted by atomic mass is 32.1. The van der Waals surface area contributed by atoms with Crippen LogP contribution in [0.4, 0.5) is 0 Å². The molecule has 0 aliphatic carbocycles. The molecule has 2 unspecified atom stereocenters. The van der Waals surface area contributed by atoms with Crippen LogP contribution >= 0.6 is 11.3 Å². The van der Waals surface area contributed by atoms with E-state index in [9.17, 15) is 9.59 Å².